The number of rotatable bonds is 6. The van der Waals surface area contributed by atoms with Crippen LogP contribution in [0.4, 0.5) is 11.4 Å². The zero-order valence-corrected chi connectivity index (χ0v) is 17.7. The Kier molecular flexibility index (Phi) is 6.25. The number of hydrogen-bond acceptors (Lipinski definition) is 3. The van der Waals surface area contributed by atoms with Gasteiger partial charge >= 0.3 is 0 Å². The van der Waals surface area contributed by atoms with E-state index in [0.717, 1.165) is 11.1 Å². The summed E-state index contributed by atoms with van der Waals surface area (Å²) in [6.45, 7) is 2.17. The van der Waals surface area contributed by atoms with Crippen molar-refractivity contribution in [1.82, 2.24) is 0 Å². The van der Waals surface area contributed by atoms with Gasteiger partial charge in [0.1, 0.15) is 0 Å². The molecule has 3 rings (SSSR count). The third kappa shape index (κ3) is 5.37. The first-order chi connectivity index (χ1) is 13.7. The van der Waals surface area contributed by atoms with Gasteiger partial charge in [-0.3, -0.25) is 9.10 Å². The normalized spacial score (nSPS) is 11.1. The molecule has 0 aliphatic rings. The Bertz CT molecular complexity index is 1130. The molecule has 1 amide bonds. The van der Waals surface area contributed by atoms with Crippen LogP contribution < -0.4 is 9.62 Å². The van der Waals surface area contributed by atoms with E-state index in [1.54, 1.807) is 48.5 Å². The summed E-state index contributed by atoms with van der Waals surface area (Å²) < 4.78 is 26.1. The third-order valence-electron chi connectivity index (χ3n) is 4.48. The van der Waals surface area contributed by atoms with E-state index in [9.17, 15) is 13.2 Å². The first-order valence-corrected chi connectivity index (χ1v) is 11.2. The van der Waals surface area contributed by atoms with E-state index in [1.165, 1.54) is 10.6 Å². The number of sulfonamides is 1. The Labute approximate surface area is 176 Å². The first-order valence-electron chi connectivity index (χ1n) is 8.93. The smallest absolute Gasteiger partial charge is 0.255 e. The SMILES string of the molecule is Cc1ccccc1CN(c1ccc(C(=O)Nc2cccc(Cl)c2)cc1)S(C)(=O)=O. The molecule has 150 valence electrons. The molecule has 0 bridgehead atoms. The maximum atomic E-state index is 12.5. The summed E-state index contributed by atoms with van der Waals surface area (Å²) in [6.07, 6.45) is 1.17. The Morgan fingerprint density at radius 2 is 1.69 bits per heavy atom. The van der Waals surface area contributed by atoms with Crippen LogP contribution in [0.1, 0.15) is 21.5 Å². The lowest BCUT2D eigenvalue weighted by molar-refractivity contribution is 0.102. The molecule has 3 aromatic carbocycles. The molecule has 0 unspecified atom stereocenters. The summed E-state index contributed by atoms with van der Waals surface area (Å²) in [5.74, 6) is -0.302. The molecule has 0 saturated heterocycles. The third-order valence-corrected chi connectivity index (χ3v) is 5.85. The highest BCUT2D eigenvalue weighted by Gasteiger charge is 2.19. The number of hydrogen-bond donors (Lipinski definition) is 1. The molecule has 7 heteroatoms. The largest absolute Gasteiger partial charge is 0.322 e. The van der Waals surface area contributed by atoms with Crippen molar-refractivity contribution in [2.45, 2.75) is 13.5 Å². The van der Waals surface area contributed by atoms with Crippen molar-refractivity contribution in [1.29, 1.82) is 0 Å². The van der Waals surface area contributed by atoms with E-state index in [4.69, 9.17) is 11.6 Å². The number of carbonyl (C=O) groups excluding carboxylic acids is 1. The van der Waals surface area contributed by atoms with Gasteiger partial charge in [-0.2, -0.15) is 0 Å². The van der Waals surface area contributed by atoms with Crippen molar-refractivity contribution in [3.8, 4) is 0 Å². The summed E-state index contributed by atoms with van der Waals surface area (Å²) >= 11 is 5.94. The molecular formula is C22H21ClN2O3S. The average molecular weight is 429 g/mol. The fourth-order valence-electron chi connectivity index (χ4n) is 2.89. The molecule has 0 aliphatic heterocycles. The van der Waals surface area contributed by atoms with Gasteiger partial charge in [-0.05, 0) is 60.5 Å². The number of nitrogens with zero attached hydrogens (tertiary/aromatic N) is 1. The van der Waals surface area contributed by atoms with Crippen LogP contribution in [0.5, 0.6) is 0 Å². The van der Waals surface area contributed by atoms with E-state index in [0.29, 0.717) is 22.0 Å². The number of amides is 1. The summed E-state index contributed by atoms with van der Waals surface area (Å²) in [6, 6.07) is 21.0. The summed E-state index contributed by atoms with van der Waals surface area (Å²) in [5.41, 5.74) is 3.43. The Morgan fingerprint density at radius 3 is 2.31 bits per heavy atom. The van der Waals surface area contributed by atoms with Crippen LogP contribution >= 0.6 is 11.6 Å². The molecule has 0 aromatic heterocycles. The highest BCUT2D eigenvalue weighted by Crippen LogP contribution is 2.23. The Morgan fingerprint density at radius 1 is 1.00 bits per heavy atom. The van der Waals surface area contributed by atoms with Crippen LogP contribution in [0.2, 0.25) is 5.02 Å². The van der Waals surface area contributed by atoms with Gasteiger partial charge in [0.2, 0.25) is 10.0 Å². The Balaban J connectivity index is 1.82. The molecular weight excluding hydrogens is 408 g/mol. The number of halogens is 1. The van der Waals surface area contributed by atoms with E-state index in [1.807, 2.05) is 31.2 Å². The molecule has 0 heterocycles. The summed E-state index contributed by atoms with van der Waals surface area (Å²) in [4.78, 5) is 12.5. The zero-order valence-electron chi connectivity index (χ0n) is 16.1. The molecule has 0 aliphatic carbocycles. The minimum atomic E-state index is -3.50. The zero-order chi connectivity index (χ0) is 21.0. The topological polar surface area (TPSA) is 66.5 Å². The van der Waals surface area contributed by atoms with Gasteiger partial charge in [0.05, 0.1) is 18.5 Å². The molecule has 29 heavy (non-hydrogen) atoms. The van der Waals surface area contributed by atoms with Crippen LogP contribution in [-0.2, 0) is 16.6 Å². The quantitative estimate of drug-likeness (QED) is 0.609. The van der Waals surface area contributed by atoms with Gasteiger partial charge in [-0.15, -0.1) is 0 Å². The number of anilines is 2. The molecule has 1 N–H and O–H groups in total. The van der Waals surface area contributed by atoms with Crippen molar-refractivity contribution in [2.75, 3.05) is 15.9 Å². The predicted molar refractivity (Wildman–Crippen MR) is 118 cm³/mol. The second kappa shape index (κ2) is 8.68. The number of carbonyl (C=O) groups is 1. The molecule has 3 aromatic rings. The van der Waals surface area contributed by atoms with Crippen LogP contribution in [0, 0.1) is 6.92 Å². The first kappa shape index (κ1) is 20.9. The van der Waals surface area contributed by atoms with E-state index in [-0.39, 0.29) is 12.5 Å². The summed E-state index contributed by atoms with van der Waals surface area (Å²) in [5, 5.41) is 3.30. The molecule has 0 spiro atoms. The predicted octanol–water partition coefficient (Wildman–Crippen LogP) is 4.87. The highest BCUT2D eigenvalue weighted by atomic mass is 35.5. The highest BCUT2D eigenvalue weighted by molar-refractivity contribution is 7.92. The van der Waals surface area contributed by atoms with Crippen molar-refractivity contribution in [3.05, 3.63) is 94.5 Å². The van der Waals surface area contributed by atoms with E-state index in [2.05, 4.69) is 5.32 Å². The minimum absolute atomic E-state index is 0.222. The monoisotopic (exact) mass is 428 g/mol. The van der Waals surface area contributed by atoms with Crippen LogP contribution in [0.3, 0.4) is 0 Å². The molecule has 0 atom stereocenters. The molecule has 0 saturated carbocycles. The minimum Gasteiger partial charge on any atom is -0.322 e. The number of aryl methyl sites for hydroxylation is 1. The van der Waals surface area contributed by atoms with Gasteiger partial charge in [0.25, 0.3) is 5.91 Å². The average Bonchev–Trinajstić information content (AvgIpc) is 2.66. The van der Waals surface area contributed by atoms with Crippen molar-refractivity contribution < 1.29 is 13.2 Å². The number of benzene rings is 3. The van der Waals surface area contributed by atoms with E-state index < -0.39 is 10.0 Å². The summed E-state index contributed by atoms with van der Waals surface area (Å²) in [7, 11) is -3.50. The van der Waals surface area contributed by atoms with Crippen LogP contribution in [0.25, 0.3) is 0 Å². The second-order valence-electron chi connectivity index (χ2n) is 6.71. The van der Waals surface area contributed by atoms with Gasteiger partial charge in [0, 0.05) is 16.3 Å². The van der Waals surface area contributed by atoms with Gasteiger partial charge in [-0.25, -0.2) is 8.42 Å². The van der Waals surface area contributed by atoms with E-state index >= 15 is 0 Å². The lowest BCUT2D eigenvalue weighted by Gasteiger charge is -2.23. The number of nitrogens with one attached hydrogen (secondary N) is 1. The van der Waals surface area contributed by atoms with Crippen molar-refractivity contribution in [3.63, 3.8) is 0 Å². The maximum Gasteiger partial charge on any atom is 0.255 e. The lowest BCUT2D eigenvalue weighted by Crippen LogP contribution is -2.29. The lowest BCUT2D eigenvalue weighted by atomic mass is 10.1. The fourth-order valence-corrected chi connectivity index (χ4v) is 3.96. The fraction of sp³-hybridized carbons (Fsp3) is 0.136. The molecule has 5 nitrogen and oxygen atoms in total. The van der Waals surface area contributed by atoms with Crippen molar-refractivity contribution >= 4 is 38.9 Å². The molecule has 0 radical (unpaired) electrons. The van der Waals surface area contributed by atoms with Crippen LogP contribution in [0.15, 0.2) is 72.8 Å². The van der Waals surface area contributed by atoms with Crippen LogP contribution in [-0.4, -0.2) is 20.6 Å². The van der Waals surface area contributed by atoms with Gasteiger partial charge in [-0.1, -0.05) is 41.9 Å². The van der Waals surface area contributed by atoms with Gasteiger partial charge in [0.15, 0.2) is 0 Å². The maximum absolute atomic E-state index is 12.5. The van der Waals surface area contributed by atoms with Crippen molar-refractivity contribution in [2.24, 2.45) is 0 Å². The molecule has 0 fully saturated rings. The van der Waals surface area contributed by atoms with Gasteiger partial charge < -0.3 is 5.32 Å². The standard InChI is InChI=1S/C22H21ClN2O3S/c1-16-6-3-4-7-18(16)15-25(29(2,27)28)21-12-10-17(11-13-21)22(26)24-20-9-5-8-19(23)14-20/h3-14H,15H2,1-2H3,(H,24,26). The second-order valence-corrected chi connectivity index (χ2v) is 9.05. The Hall–Kier alpha value is -2.83.